The molecular weight excluding hydrogens is 771 g/mol. The Morgan fingerprint density at radius 3 is 1.85 bits per heavy atom. The number of anilines is 3. The highest BCUT2D eigenvalue weighted by Gasteiger charge is 2.46. The van der Waals surface area contributed by atoms with Crippen molar-refractivity contribution in [3.05, 3.63) is 247 Å². The van der Waals surface area contributed by atoms with Crippen molar-refractivity contribution in [2.75, 3.05) is 4.90 Å². The van der Waals surface area contributed by atoms with Gasteiger partial charge in [0.15, 0.2) is 0 Å². The fraction of sp³-hybridized carbons (Fsp3) is 0.0169. The van der Waals surface area contributed by atoms with Crippen molar-refractivity contribution in [1.29, 1.82) is 0 Å². The Bertz CT molecular complexity index is 3660. The van der Waals surface area contributed by atoms with E-state index in [1.165, 1.54) is 69.9 Å². The van der Waals surface area contributed by atoms with Crippen LogP contribution in [-0.2, 0) is 5.41 Å². The summed E-state index contributed by atoms with van der Waals surface area (Å²) in [6, 6.07) is 82.1. The average Bonchev–Trinajstić information content (AvgIpc) is 4.00. The number of benzene rings is 10. The molecule has 0 saturated carbocycles. The molecule has 2 heterocycles. The molecule has 10 aromatic carbocycles. The number of rotatable bonds is 6. The summed E-state index contributed by atoms with van der Waals surface area (Å²) in [7, 11) is 0. The molecule has 12 aromatic rings. The quantitative estimate of drug-likeness (QED) is 0.166. The van der Waals surface area contributed by atoms with Crippen molar-refractivity contribution in [2.24, 2.45) is 0 Å². The molecule has 3 heteroatoms. The molecule has 0 saturated heterocycles. The van der Waals surface area contributed by atoms with Crippen LogP contribution in [0.3, 0.4) is 0 Å². The van der Waals surface area contributed by atoms with E-state index >= 15 is 0 Å². The number of hydrogen-bond donors (Lipinski definition) is 0. The van der Waals surface area contributed by atoms with Gasteiger partial charge in [-0.2, -0.15) is 0 Å². The van der Waals surface area contributed by atoms with Crippen molar-refractivity contribution in [3.8, 4) is 22.3 Å². The molecule has 0 N–H and O–H groups in total. The van der Waals surface area contributed by atoms with Gasteiger partial charge < -0.3 is 9.32 Å². The first-order valence-corrected chi connectivity index (χ1v) is 22.1. The van der Waals surface area contributed by atoms with E-state index < -0.39 is 5.41 Å². The molecule has 0 unspecified atom stereocenters. The van der Waals surface area contributed by atoms with E-state index in [-0.39, 0.29) is 0 Å². The van der Waals surface area contributed by atoms with Gasteiger partial charge in [0, 0.05) is 48.1 Å². The highest BCUT2D eigenvalue weighted by atomic mass is 32.1. The minimum absolute atomic E-state index is 0.525. The monoisotopic (exact) mass is 807 g/mol. The van der Waals surface area contributed by atoms with Crippen LogP contribution in [0.15, 0.2) is 229 Å². The maximum atomic E-state index is 7.17. The van der Waals surface area contributed by atoms with E-state index in [9.17, 15) is 0 Å². The van der Waals surface area contributed by atoms with E-state index in [2.05, 4.69) is 229 Å². The molecule has 0 fully saturated rings. The van der Waals surface area contributed by atoms with E-state index in [4.69, 9.17) is 4.42 Å². The number of nitrogens with zero attached hydrogens (tertiary/aromatic N) is 1. The molecule has 13 rings (SSSR count). The number of para-hydroxylation sites is 1. The normalized spacial score (nSPS) is 13.0. The van der Waals surface area contributed by atoms with Gasteiger partial charge in [0.25, 0.3) is 0 Å². The van der Waals surface area contributed by atoms with Crippen LogP contribution in [0.2, 0.25) is 0 Å². The smallest absolute Gasteiger partial charge is 0.144 e. The highest BCUT2D eigenvalue weighted by molar-refractivity contribution is 7.26. The summed E-state index contributed by atoms with van der Waals surface area (Å²) in [4.78, 5) is 2.43. The van der Waals surface area contributed by atoms with Crippen LogP contribution in [0.1, 0.15) is 22.3 Å². The lowest BCUT2D eigenvalue weighted by molar-refractivity contribution is 0.670. The molecule has 0 aliphatic heterocycles. The zero-order valence-corrected chi connectivity index (χ0v) is 34.4. The van der Waals surface area contributed by atoms with Crippen LogP contribution < -0.4 is 4.90 Å². The average molecular weight is 808 g/mol. The van der Waals surface area contributed by atoms with Gasteiger partial charge in [0.1, 0.15) is 11.2 Å². The predicted octanol–water partition coefficient (Wildman–Crippen LogP) is 16.6. The summed E-state index contributed by atoms with van der Waals surface area (Å²) < 4.78 is 9.74. The van der Waals surface area contributed by atoms with Crippen molar-refractivity contribution in [1.82, 2.24) is 0 Å². The van der Waals surface area contributed by atoms with Crippen molar-refractivity contribution >= 4 is 81.3 Å². The van der Waals surface area contributed by atoms with Crippen LogP contribution >= 0.6 is 11.3 Å². The van der Waals surface area contributed by atoms with Gasteiger partial charge in [-0.05, 0) is 92.7 Å². The summed E-state index contributed by atoms with van der Waals surface area (Å²) in [6.45, 7) is 0. The molecule has 0 spiro atoms. The van der Waals surface area contributed by atoms with Gasteiger partial charge in [-0.15, -0.1) is 11.3 Å². The Hall–Kier alpha value is -7.72. The predicted molar refractivity (Wildman–Crippen MR) is 262 cm³/mol. The van der Waals surface area contributed by atoms with E-state index in [1.54, 1.807) is 0 Å². The summed E-state index contributed by atoms with van der Waals surface area (Å²) >= 11 is 1.86. The van der Waals surface area contributed by atoms with E-state index in [0.717, 1.165) is 44.6 Å². The maximum absolute atomic E-state index is 7.17. The van der Waals surface area contributed by atoms with E-state index in [0.29, 0.717) is 0 Å². The number of hydrogen-bond acceptors (Lipinski definition) is 3. The Balaban J connectivity index is 1.10. The highest BCUT2D eigenvalue weighted by Crippen LogP contribution is 2.58. The van der Waals surface area contributed by atoms with Gasteiger partial charge in [-0.3, -0.25) is 0 Å². The summed E-state index contributed by atoms with van der Waals surface area (Å²) in [5.41, 5.74) is 14.4. The first kappa shape index (κ1) is 35.1. The third kappa shape index (κ3) is 4.97. The van der Waals surface area contributed by atoms with Gasteiger partial charge in [-0.25, -0.2) is 0 Å². The lowest BCUT2D eigenvalue weighted by Crippen LogP contribution is -2.28. The van der Waals surface area contributed by atoms with Crippen LogP contribution in [0, 0.1) is 0 Å². The lowest BCUT2D eigenvalue weighted by atomic mass is 9.67. The minimum Gasteiger partial charge on any atom is -0.455 e. The molecule has 2 nitrogen and oxygen atoms in total. The fourth-order valence-electron chi connectivity index (χ4n) is 10.6. The number of fused-ring (bicyclic) bond motifs is 10. The molecule has 2 aromatic heterocycles. The third-order valence-corrected chi connectivity index (χ3v) is 14.3. The molecule has 0 atom stereocenters. The van der Waals surface area contributed by atoms with Crippen molar-refractivity contribution < 1.29 is 4.42 Å². The standard InChI is InChI=1S/C59H37NOS/c1-4-19-39(20-5-1)59(40-21-6-2-7-22-40)50-30-14-12-26-44(50)45-35-34-42(37-51(45)59)60(41-23-8-3-9-24-41)52-31-17-32-53-56(52)49-36-38-18-10-11-25-43(38)55(57(49)61-53)48-29-16-28-47-46-27-13-15-33-54(46)62-58(47)48/h1-37H. The molecule has 1 aliphatic carbocycles. The van der Waals surface area contributed by atoms with Crippen LogP contribution in [0.4, 0.5) is 17.1 Å². The van der Waals surface area contributed by atoms with Crippen LogP contribution in [0.5, 0.6) is 0 Å². The first-order chi connectivity index (χ1) is 30.8. The number of thiophene rings is 1. The summed E-state index contributed by atoms with van der Waals surface area (Å²) in [6.07, 6.45) is 0. The zero-order chi connectivity index (χ0) is 40.8. The molecule has 0 amide bonds. The zero-order valence-electron chi connectivity index (χ0n) is 33.6. The summed E-state index contributed by atoms with van der Waals surface area (Å²) in [5.74, 6) is 0. The Kier molecular flexibility index (Phi) is 7.72. The summed E-state index contributed by atoms with van der Waals surface area (Å²) in [5, 5.41) is 7.11. The fourth-order valence-corrected chi connectivity index (χ4v) is 11.8. The molecule has 0 radical (unpaired) electrons. The van der Waals surface area contributed by atoms with Crippen LogP contribution in [0.25, 0.3) is 75.1 Å². The molecule has 0 bridgehead atoms. The topological polar surface area (TPSA) is 16.4 Å². The minimum atomic E-state index is -0.525. The third-order valence-electron chi connectivity index (χ3n) is 13.1. The molecule has 1 aliphatic rings. The Morgan fingerprint density at radius 1 is 0.419 bits per heavy atom. The second kappa shape index (κ2) is 13.7. The Morgan fingerprint density at radius 2 is 1.05 bits per heavy atom. The number of furan rings is 1. The molecule has 290 valence electrons. The lowest BCUT2D eigenvalue weighted by Gasteiger charge is -2.35. The first-order valence-electron chi connectivity index (χ1n) is 21.3. The van der Waals surface area contributed by atoms with Crippen molar-refractivity contribution in [2.45, 2.75) is 5.41 Å². The largest absolute Gasteiger partial charge is 0.455 e. The van der Waals surface area contributed by atoms with Crippen LogP contribution in [-0.4, -0.2) is 0 Å². The van der Waals surface area contributed by atoms with Gasteiger partial charge in [-0.1, -0.05) is 176 Å². The van der Waals surface area contributed by atoms with Crippen molar-refractivity contribution in [3.63, 3.8) is 0 Å². The van der Waals surface area contributed by atoms with Gasteiger partial charge >= 0.3 is 0 Å². The molecular formula is C59H37NOS. The SMILES string of the molecule is c1ccc(N(c2ccc3c(c2)C(c2ccccc2)(c2ccccc2)c2ccccc2-3)c2cccc3oc4c(-c5cccc6c5sc5ccccc56)c5ccccc5cc4c23)cc1. The Labute approximate surface area is 363 Å². The second-order valence-electron chi connectivity index (χ2n) is 16.3. The molecule has 62 heavy (non-hydrogen) atoms. The van der Waals surface area contributed by atoms with Gasteiger partial charge in [0.2, 0.25) is 0 Å². The van der Waals surface area contributed by atoms with Gasteiger partial charge in [0.05, 0.1) is 16.5 Å². The maximum Gasteiger partial charge on any atom is 0.144 e. The van der Waals surface area contributed by atoms with E-state index in [1.807, 2.05) is 11.3 Å². The second-order valence-corrected chi connectivity index (χ2v) is 17.4.